The third-order valence-corrected chi connectivity index (χ3v) is 3.28. The molecule has 0 atom stereocenters. The van der Waals surface area contributed by atoms with Crippen LogP contribution < -0.4 is 33.7 Å². The number of hydrazine groups is 1. The van der Waals surface area contributed by atoms with Gasteiger partial charge >= 0.3 is 5.63 Å². The topological polar surface area (TPSA) is 138 Å². The average Bonchev–Trinajstić information content (AvgIpc) is 2.32. The molecule has 0 unspecified atom stereocenters. The van der Waals surface area contributed by atoms with Gasteiger partial charge in [-0.15, -0.1) is 0 Å². The van der Waals surface area contributed by atoms with E-state index in [-0.39, 0.29) is 17.0 Å². The molecule has 0 aliphatic heterocycles. The highest BCUT2D eigenvalue weighted by Crippen LogP contribution is 2.41. The SMILES string of the molecule is Cc1c(N(C)N)c(N)c2oc(=O)c(C)c(N)c2c1N. The summed E-state index contributed by atoms with van der Waals surface area (Å²) in [7, 11) is 1.62. The first-order valence-electron chi connectivity index (χ1n) is 5.66. The van der Waals surface area contributed by atoms with E-state index in [2.05, 4.69) is 0 Å². The van der Waals surface area contributed by atoms with E-state index in [1.54, 1.807) is 20.9 Å². The Labute approximate surface area is 109 Å². The summed E-state index contributed by atoms with van der Waals surface area (Å²) < 4.78 is 5.21. The minimum Gasteiger partial charge on any atom is -0.420 e. The van der Waals surface area contributed by atoms with Crippen LogP contribution in [0.2, 0.25) is 0 Å². The first kappa shape index (κ1) is 13.0. The van der Waals surface area contributed by atoms with Crippen molar-refractivity contribution < 1.29 is 4.42 Å². The molecule has 2 rings (SSSR count). The van der Waals surface area contributed by atoms with E-state index in [1.807, 2.05) is 0 Å². The second-order valence-corrected chi connectivity index (χ2v) is 4.54. The third kappa shape index (κ3) is 1.66. The molecule has 1 aromatic carbocycles. The van der Waals surface area contributed by atoms with E-state index in [0.717, 1.165) is 0 Å². The van der Waals surface area contributed by atoms with Gasteiger partial charge in [-0.05, 0) is 19.4 Å². The molecule has 0 saturated heterocycles. The van der Waals surface area contributed by atoms with Gasteiger partial charge < -0.3 is 26.6 Å². The molecule has 0 spiro atoms. The lowest BCUT2D eigenvalue weighted by Gasteiger charge is -2.21. The van der Waals surface area contributed by atoms with Gasteiger partial charge in [0.25, 0.3) is 0 Å². The maximum absolute atomic E-state index is 11.7. The smallest absolute Gasteiger partial charge is 0.341 e. The third-order valence-electron chi connectivity index (χ3n) is 3.28. The lowest BCUT2D eigenvalue weighted by atomic mass is 10.0. The molecule has 1 aromatic heterocycles. The van der Waals surface area contributed by atoms with E-state index in [9.17, 15) is 4.79 Å². The van der Waals surface area contributed by atoms with Gasteiger partial charge in [0.15, 0.2) is 5.58 Å². The zero-order chi connectivity index (χ0) is 14.5. The molecule has 0 aliphatic carbocycles. The predicted molar refractivity (Wildman–Crippen MR) is 77.8 cm³/mol. The summed E-state index contributed by atoms with van der Waals surface area (Å²) in [5.74, 6) is 5.73. The minimum atomic E-state index is -0.537. The molecule has 8 N–H and O–H groups in total. The Morgan fingerprint density at radius 3 is 2.05 bits per heavy atom. The molecule has 7 nitrogen and oxygen atoms in total. The second-order valence-electron chi connectivity index (χ2n) is 4.54. The Balaban J connectivity index is 3.12. The molecule has 0 saturated carbocycles. The molecule has 0 aliphatic rings. The Hall–Kier alpha value is -2.41. The van der Waals surface area contributed by atoms with E-state index in [4.69, 9.17) is 27.5 Å². The van der Waals surface area contributed by atoms with E-state index < -0.39 is 5.63 Å². The molecule has 19 heavy (non-hydrogen) atoms. The fraction of sp³-hybridized carbons (Fsp3) is 0.250. The monoisotopic (exact) mass is 263 g/mol. The van der Waals surface area contributed by atoms with Gasteiger partial charge in [-0.2, -0.15) is 0 Å². The van der Waals surface area contributed by atoms with Crippen molar-refractivity contribution in [3.63, 3.8) is 0 Å². The normalized spacial score (nSPS) is 10.9. The van der Waals surface area contributed by atoms with Crippen LogP contribution in [0.25, 0.3) is 11.0 Å². The summed E-state index contributed by atoms with van der Waals surface area (Å²) >= 11 is 0. The molecular formula is C12H17N5O2. The van der Waals surface area contributed by atoms with Crippen LogP contribution in [0.4, 0.5) is 22.7 Å². The molecule has 0 radical (unpaired) electrons. The van der Waals surface area contributed by atoms with Crippen LogP contribution in [0.15, 0.2) is 9.21 Å². The number of nitrogen functional groups attached to an aromatic ring is 3. The van der Waals surface area contributed by atoms with Gasteiger partial charge in [-0.1, -0.05) is 0 Å². The van der Waals surface area contributed by atoms with Gasteiger partial charge in [0, 0.05) is 12.7 Å². The number of nitrogens with two attached hydrogens (primary N) is 4. The average molecular weight is 263 g/mol. The van der Waals surface area contributed by atoms with Crippen molar-refractivity contribution in [2.24, 2.45) is 5.84 Å². The zero-order valence-electron chi connectivity index (χ0n) is 11.1. The zero-order valence-corrected chi connectivity index (χ0v) is 11.1. The van der Waals surface area contributed by atoms with Gasteiger partial charge in [0.1, 0.15) is 5.69 Å². The summed E-state index contributed by atoms with van der Waals surface area (Å²) in [5.41, 5.74) is 20.1. The number of hydrogen-bond donors (Lipinski definition) is 4. The summed E-state index contributed by atoms with van der Waals surface area (Å²) in [5, 5.41) is 1.79. The van der Waals surface area contributed by atoms with Crippen LogP contribution >= 0.6 is 0 Å². The molecule has 102 valence electrons. The van der Waals surface area contributed by atoms with Crippen molar-refractivity contribution >= 4 is 33.7 Å². The molecule has 7 heteroatoms. The number of fused-ring (bicyclic) bond motifs is 1. The van der Waals surface area contributed by atoms with E-state index in [0.29, 0.717) is 27.9 Å². The quantitative estimate of drug-likeness (QED) is 0.254. The van der Waals surface area contributed by atoms with Crippen molar-refractivity contribution in [3.05, 3.63) is 21.5 Å². The van der Waals surface area contributed by atoms with Gasteiger partial charge in [-0.3, -0.25) is 0 Å². The molecule has 0 amide bonds. The van der Waals surface area contributed by atoms with Crippen molar-refractivity contribution in [3.8, 4) is 0 Å². The van der Waals surface area contributed by atoms with E-state index in [1.165, 1.54) is 5.01 Å². The highest BCUT2D eigenvalue weighted by atomic mass is 16.4. The van der Waals surface area contributed by atoms with Crippen LogP contribution in [0.1, 0.15) is 11.1 Å². The van der Waals surface area contributed by atoms with Crippen molar-refractivity contribution in [2.45, 2.75) is 13.8 Å². The molecule has 0 fully saturated rings. The lowest BCUT2D eigenvalue weighted by Crippen LogP contribution is -2.27. The summed E-state index contributed by atoms with van der Waals surface area (Å²) in [6.45, 7) is 3.36. The molecule has 2 aromatic rings. The highest BCUT2D eigenvalue weighted by Gasteiger charge is 2.20. The highest BCUT2D eigenvalue weighted by molar-refractivity contribution is 6.10. The second kappa shape index (κ2) is 4.06. The number of nitrogens with zero attached hydrogens (tertiary/aromatic N) is 1. The number of rotatable bonds is 1. The minimum absolute atomic E-state index is 0.170. The lowest BCUT2D eigenvalue weighted by molar-refractivity contribution is 0.557. The summed E-state index contributed by atoms with van der Waals surface area (Å²) in [6.07, 6.45) is 0. The molecular weight excluding hydrogens is 246 g/mol. The molecule has 0 bridgehead atoms. The molecule has 1 heterocycles. The van der Waals surface area contributed by atoms with Crippen LogP contribution in [0, 0.1) is 13.8 Å². The maximum Gasteiger partial charge on any atom is 0.341 e. The first-order chi connectivity index (χ1) is 8.77. The largest absolute Gasteiger partial charge is 0.420 e. The Bertz CT molecular complexity index is 733. The first-order valence-corrected chi connectivity index (χ1v) is 5.66. The van der Waals surface area contributed by atoms with E-state index >= 15 is 0 Å². The van der Waals surface area contributed by atoms with Gasteiger partial charge in [-0.25, -0.2) is 10.6 Å². The summed E-state index contributed by atoms with van der Waals surface area (Å²) in [6, 6.07) is 0. The Morgan fingerprint density at radius 2 is 1.53 bits per heavy atom. The summed E-state index contributed by atoms with van der Waals surface area (Å²) in [4.78, 5) is 11.7. The van der Waals surface area contributed by atoms with Crippen LogP contribution in [0.5, 0.6) is 0 Å². The van der Waals surface area contributed by atoms with Gasteiger partial charge in [0.05, 0.1) is 22.3 Å². The Morgan fingerprint density at radius 1 is 1.00 bits per heavy atom. The van der Waals surface area contributed by atoms with Crippen molar-refractivity contribution in [1.29, 1.82) is 0 Å². The van der Waals surface area contributed by atoms with Crippen molar-refractivity contribution in [2.75, 3.05) is 29.3 Å². The Kier molecular flexibility index (Phi) is 2.78. The predicted octanol–water partition coefficient (Wildman–Crippen LogP) is 0.466. The fourth-order valence-electron chi connectivity index (χ4n) is 2.18. The standard InChI is InChI=1S/C12H17N5O2/c1-4-7(13)6-8(14)5(2)12(18)19-11(6)9(15)10(4)17(3)16/h13-16H2,1-3H3. The van der Waals surface area contributed by atoms with Crippen LogP contribution in [-0.4, -0.2) is 7.05 Å². The number of anilines is 4. The van der Waals surface area contributed by atoms with Gasteiger partial charge in [0.2, 0.25) is 0 Å². The van der Waals surface area contributed by atoms with Crippen LogP contribution in [-0.2, 0) is 0 Å². The maximum atomic E-state index is 11.7. The number of hydrogen-bond acceptors (Lipinski definition) is 7. The number of benzene rings is 1. The van der Waals surface area contributed by atoms with Crippen molar-refractivity contribution in [1.82, 2.24) is 0 Å². The fourth-order valence-corrected chi connectivity index (χ4v) is 2.18. The van der Waals surface area contributed by atoms with Crippen LogP contribution in [0.3, 0.4) is 0 Å².